The molecule has 0 saturated heterocycles. The number of thiophene rings is 3. The Morgan fingerprint density at radius 1 is 0.344 bits per heavy atom. The number of rotatable bonds is 24. The molecule has 125 heavy (non-hydrogen) atoms. The molecule has 14 aromatic rings. The summed E-state index contributed by atoms with van der Waals surface area (Å²) in [5.41, 5.74) is 18.5. The number of carbonyl (C=O) groups excluding carboxylic acids is 5. The standard InChI is InChI=1S/C30H28ClNO3S.C26H20ClNO3S.C15H16ClNO2S.C15H13ClO.C15H14O2.CH2Cl2/c1-30(2,3)35-29(34)27-25(22-14-16-23(31)17-15-22)19-36-28(27)32-26(33)18-24(20-10-6-4-7-11-20)21-12-8-5-9-13-21;27-20-13-11-19(12-14-20)22-16-32-25(24(22)26(30)31)28-23(29)15-21(17-7-3-1-4-8-17)18-9-5-2-6-10-18;1-15(2,3)19-14(18)12-11(8-20-13(12)17)9-4-6-10(16)7-5-9;2*16-15(17)11-14(12-7-3-1-4-8-12)13-9-5-2-6-10-13;2-1-3/h4-17,19,24H,18H2,1-3H3,(H,32,33);1-14,16,21H,15H2,(H,28,29)(H,30,31);4-8H,17H2,1-3H3;1-10,14H,11H2;1-10,14H,11H2,(H,16,17);1H2. The minimum Gasteiger partial charge on any atom is -0.481 e. The Balaban J connectivity index is 0.000000181. The van der Waals surface area contributed by atoms with Crippen LogP contribution >= 0.6 is 104 Å². The highest BCUT2D eigenvalue weighted by molar-refractivity contribution is 7.16. The molecule has 0 atom stereocenters. The van der Waals surface area contributed by atoms with E-state index in [9.17, 15) is 38.7 Å². The van der Waals surface area contributed by atoms with Gasteiger partial charge in [-0.05, 0) is 151 Å². The maximum absolute atomic E-state index is 13.3. The molecule has 14 rings (SSSR count). The molecular formula is C102H93Cl6N3O11S3. The maximum atomic E-state index is 13.3. The van der Waals surface area contributed by atoms with E-state index in [2.05, 4.69) is 10.6 Å². The van der Waals surface area contributed by atoms with Crippen molar-refractivity contribution in [3.8, 4) is 33.4 Å². The number of aromatic carboxylic acids is 1. The fourth-order valence-corrected chi connectivity index (χ4v) is 16.6. The van der Waals surface area contributed by atoms with E-state index in [0.717, 1.165) is 66.8 Å². The zero-order valence-corrected chi connectivity index (χ0v) is 76.2. The lowest BCUT2D eigenvalue weighted by atomic mass is 9.88. The molecule has 3 aromatic heterocycles. The van der Waals surface area contributed by atoms with Crippen LogP contribution in [0.3, 0.4) is 0 Å². The first-order valence-electron chi connectivity index (χ1n) is 39.6. The van der Waals surface area contributed by atoms with E-state index in [-0.39, 0.29) is 70.9 Å². The number of amides is 2. The van der Waals surface area contributed by atoms with Crippen molar-refractivity contribution in [3.63, 3.8) is 0 Å². The predicted molar refractivity (Wildman–Crippen MR) is 516 cm³/mol. The number of carboxylic acids is 2. The molecule has 3 heterocycles. The van der Waals surface area contributed by atoms with Gasteiger partial charge in [0.1, 0.15) is 42.9 Å². The molecule has 2 amide bonds. The third-order valence-electron chi connectivity index (χ3n) is 18.9. The molecule has 0 aliphatic heterocycles. The Hall–Kier alpha value is -11.5. The van der Waals surface area contributed by atoms with E-state index in [1.165, 1.54) is 34.0 Å². The van der Waals surface area contributed by atoms with Crippen molar-refractivity contribution in [1.82, 2.24) is 0 Å². The van der Waals surface area contributed by atoms with Gasteiger partial charge in [0.15, 0.2) is 0 Å². The quantitative estimate of drug-likeness (QED) is 0.0216. The molecule has 14 nitrogen and oxygen atoms in total. The van der Waals surface area contributed by atoms with Gasteiger partial charge in [-0.3, -0.25) is 19.2 Å². The number of nitrogens with one attached hydrogen (secondary N) is 2. The highest BCUT2D eigenvalue weighted by atomic mass is 35.5. The van der Waals surface area contributed by atoms with E-state index in [1.54, 1.807) is 53.9 Å². The predicted octanol–water partition coefficient (Wildman–Crippen LogP) is 28.4. The lowest BCUT2D eigenvalue weighted by Crippen LogP contribution is -2.25. The Kier molecular flexibility index (Phi) is 37.9. The summed E-state index contributed by atoms with van der Waals surface area (Å²) < 4.78 is 11.1. The van der Waals surface area contributed by atoms with Crippen molar-refractivity contribution in [2.45, 2.75) is 102 Å². The molecule has 0 aliphatic rings. The van der Waals surface area contributed by atoms with Crippen molar-refractivity contribution in [3.05, 3.63) is 408 Å². The summed E-state index contributed by atoms with van der Waals surface area (Å²) in [4.78, 5) is 86.0. The van der Waals surface area contributed by atoms with Crippen LogP contribution in [0.5, 0.6) is 0 Å². The van der Waals surface area contributed by atoms with E-state index < -0.39 is 35.1 Å². The number of carboxylic acid groups (broad SMARTS) is 2. The second-order valence-electron chi connectivity index (χ2n) is 30.2. The van der Waals surface area contributed by atoms with Crippen LogP contribution in [0.25, 0.3) is 33.4 Å². The summed E-state index contributed by atoms with van der Waals surface area (Å²) in [7, 11) is 0. The van der Waals surface area contributed by atoms with Crippen LogP contribution in [0.1, 0.15) is 166 Å². The van der Waals surface area contributed by atoms with Crippen molar-refractivity contribution in [2.24, 2.45) is 0 Å². The first-order valence-corrected chi connectivity index (χ1v) is 44.8. The summed E-state index contributed by atoms with van der Waals surface area (Å²) in [6, 6.07) is 101. The maximum Gasteiger partial charge on any atom is 0.342 e. The van der Waals surface area contributed by atoms with Gasteiger partial charge in [0.05, 0.1) is 11.8 Å². The minimum atomic E-state index is -1.09. The molecule has 0 fully saturated rings. The van der Waals surface area contributed by atoms with Crippen LogP contribution in [-0.2, 0) is 28.7 Å². The zero-order valence-electron chi connectivity index (χ0n) is 69.2. The number of carbonyl (C=O) groups is 7. The molecular weight excluding hydrogens is 1750 g/mol. The van der Waals surface area contributed by atoms with Crippen molar-refractivity contribution in [1.29, 1.82) is 0 Å². The number of ether oxygens (including phenoxy) is 2. The molecule has 0 bridgehead atoms. The number of aliphatic carboxylic acids is 1. The monoisotopic (exact) mass is 1840 g/mol. The SMILES string of the molecule is CC(C)(C)OC(=O)c1c(-c2ccc(Cl)cc2)csc1N.CC(C)(C)OC(=O)c1c(-c2ccc(Cl)cc2)csc1NC(=O)CC(c1ccccc1)c1ccccc1.ClCCl.O=C(CC(c1ccccc1)c1ccccc1)Nc1scc(-c2ccc(Cl)cc2)c1C(=O)O.O=C(Cl)CC(c1ccccc1)c1ccccc1.O=C(O)CC(c1ccccc1)c1ccccc1. The van der Waals surface area contributed by atoms with Crippen LogP contribution in [0.4, 0.5) is 15.0 Å². The largest absolute Gasteiger partial charge is 0.481 e. The molecule has 23 heteroatoms. The highest BCUT2D eigenvalue weighted by Crippen LogP contribution is 2.42. The van der Waals surface area contributed by atoms with Crippen LogP contribution < -0.4 is 16.4 Å². The average molecular weight is 1850 g/mol. The Bertz CT molecular complexity index is 5500. The van der Waals surface area contributed by atoms with E-state index >= 15 is 0 Å². The fourth-order valence-electron chi connectivity index (χ4n) is 13.3. The number of hydrogen-bond acceptors (Lipinski definition) is 13. The van der Waals surface area contributed by atoms with Gasteiger partial charge in [-0.25, -0.2) is 14.4 Å². The summed E-state index contributed by atoms with van der Waals surface area (Å²) in [6.07, 6.45) is 0.876. The molecule has 0 saturated carbocycles. The van der Waals surface area contributed by atoms with Crippen LogP contribution in [0, 0.1) is 0 Å². The molecule has 6 N–H and O–H groups in total. The van der Waals surface area contributed by atoms with Gasteiger partial charge in [-0.2, -0.15) is 0 Å². The molecule has 0 radical (unpaired) electrons. The molecule has 0 spiro atoms. The van der Waals surface area contributed by atoms with E-state index in [1.807, 2.05) is 319 Å². The van der Waals surface area contributed by atoms with Crippen LogP contribution in [0.15, 0.2) is 332 Å². The molecule has 642 valence electrons. The van der Waals surface area contributed by atoms with Crippen molar-refractivity contribution < 1.29 is 53.2 Å². The number of halogens is 6. The van der Waals surface area contributed by atoms with Gasteiger partial charge in [0.2, 0.25) is 17.1 Å². The summed E-state index contributed by atoms with van der Waals surface area (Å²) in [5.74, 6) is -3.45. The number of esters is 2. The van der Waals surface area contributed by atoms with Crippen molar-refractivity contribution >= 4 is 160 Å². The Morgan fingerprint density at radius 2 is 0.576 bits per heavy atom. The normalized spacial score (nSPS) is 10.8. The third kappa shape index (κ3) is 30.7. The summed E-state index contributed by atoms with van der Waals surface area (Å²) in [6.45, 7) is 11.0. The second-order valence-corrected chi connectivity index (χ2v) is 35.4. The van der Waals surface area contributed by atoms with Crippen LogP contribution in [0.2, 0.25) is 15.1 Å². The number of nitrogen functional groups attached to an aromatic ring is 1. The Morgan fingerprint density at radius 3 is 0.832 bits per heavy atom. The van der Waals surface area contributed by atoms with Gasteiger partial charge in [0.25, 0.3) is 0 Å². The highest BCUT2D eigenvalue weighted by Gasteiger charge is 2.30. The van der Waals surface area contributed by atoms with Gasteiger partial charge in [-0.1, -0.05) is 314 Å². The fraction of sp³-hybridized carbons (Fsp3) is 0.167. The number of alkyl halides is 2. The average Bonchev–Trinajstić information content (AvgIpc) is 1.66. The minimum absolute atomic E-state index is 0.0439. The number of benzene rings is 11. The smallest absolute Gasteiger partial charge is 0.342 e. The summed E-state index contributed by atoms with van der Waals surface area (Å²) in [5, 5.41) is 33.1. The zero-order chi connectivity index (χ0) is 90.0. The van der Waals surface area contributed by atoms with Crippen molar-refractivity contribution in [2.75, 3.05) is 21.7 Å². The molecule has 0 unspecified atom stereocenters. The number of hydrogen-bond donors (Lipinski definition) is 5. The van der Waals surface area contributed by atoms with Gasteiger partial charge >= 0.3 is 23.9 Å². The first kappa shape index (κ1) is 97.4. The van der Waals surface area contributed by atoms with Gasteiger partial charge < -0.3 is 36.1 Å². The van der Waals surface area contributed by atoms with Gasteiger partial charge in [0, 0.05) is 90.8 Å². The lowest BCUT2D eigenvalue weighted by molar-refractivity contribution is -0.137. The first-order chi connectivity index (χ1) is 60.0. The molecule has 11 aromatic carbocycles. The number of anilines is 3. The van der Waals surface area contributed by atoms with E-state index in [4.69, 9.17) is 89.9 Å². The second kappa shape index (κ2) is 48.7. The molecule has 0 aliphatic carbocycles. The number of nitrogens with two attached hydrogens (primary N) is 1. The third-order valence-corrected chi connectivity index (χ3v) is 22.4. The summed E-state index contributed by atoms with van der Waals surface area (Å²) >= 11 is 36.8. The lowest BCUT2D eigenvalue weighted by Gasteiger charge is -2.21. The Labute approximate surface area is 771 Å². The topological polar surface area (TPSA) is 228 Å². The van der Waals surface area contributed by atoms with E-state index in [0.29, 0.717) is 58.7 Å². The van der Waals surface area contributed by atoms with Gasteiger partial charge in [-0.15, -0.1) is 57.2 Å². The van der Waals surface area contributed by atoms with Crippen LogP contribution in [-0.4, -0.2) is 67.7 Å².